The largest absolute Gasteiger partial charge is 0.484 e. The number of benzene rings is 1. The zero-order valence-electron chi connectivity index (χ0n) is 10.8. The lowest BCUT2D eigenvalue weighted by molar-refractivity contribution is 0.278. The van der Waals surface area contributed by atoms with Crippen LogP contribution in [0.1, 0.15) is 30.5 Å². The van der Waals surface area contributed by atoms with Gasteiger partial charge in [0, 0.05) is 5.92 Å². The van der Waals surface area contributed by atoms with Gasteiger partial charge in [-0.2, -0.15) is 4.98 Å². The summed E-state index contributed by atoms with van der Waals surface area (Å²) in [5, 5.41) is 8.76. The predicted octanol–water partition coefficient (Wildman–Crippen LogP) is 1.31. The van der Waals surface area contributed by atoms with Crippen molar-refractivity contribution in [1.29, 1.82) is 0 Å². The quantitative estimate of drug-likeness (QED) is 0.891. The van der Waals surface area contributed by atoms with E-state index in [0.29, 0.717) is 17.6 Å². The van der Waals surface area contributed by atoms with E-state index in [9.17, 15) is 12.8 Å². The molecule has 1 saturated carbocycles. The van der Waals surface area contributed by atoms with Gasteiger partial charge >= 0.3 is 0 Å². The summed E-state index contributed by atoms with van der Waals surface area (Å²) in [6.07, 6.45) is 2.05. The highest BCUT2D eigenvalue weighted by atomic mass is 32.2. The number of hydrogen-bond acceptors (Lipinski definition) is 6. The molecule has 3 rings (SSSR count). The smallest absolute Gasteiger partial charge is 0.241 e. The van der Waals surface area contributed by atoms with E-state index in [1.54, 1.807) is 0 Å². The van der Waals surface area contributed by atoms with Gasteiger partial charge in [0.05, 0.1) is 0 Å². The molecule has 7 nitrogen and oxygen atoms in total. The van der Waals surface area contributed by atoms with Gasteiger partial charge in [0.2, 0.25) is 21.7 Å². The van der Waals surface area contributed by atoms with Gasteiger partial charge in [-0.3, -0.25) is 0 Å². The maximum atomic E-state index is 13.1. The molecule has 21 heavy (non-hydrogen) atoms. The van der Waals surface area contributed by atoms with Gasteiger partial charge in [-0.25, -0.2) is 17.9 Å². The first-order valence-electron chi connectivity index (χ1n) is 6.21. The third-order valence-electron chi connectivity index (χ3n) is 2.98. The highest BCUT2D eigenvalue weighted by Crippen LogP contribution is 2.38. The van der Waals surface area contributed by atoms with Crippen molar-refractivity contribution in [1.82, 2.24) is 10.1 Å². The Morgan fingerprint density at radius 2 is 2.19 bits per heavy atom. The van der Waals surface area contributed by atoms with Crippen LogP contribution in [0.4, 0.5) is 4.39 Å². The van der Waals surface area contributed by atoms with Crippen LogP contribution in [0.15, 0.2) is 27.6 Å². The van der Waals surface area contributed by atoms with Gasteiger partial charge in [-0.15, -0.1) is 0 Å². The van der Waals surface area contributed by atoms with Gasteiger partial charge in [0.1, 0.15) is 16.5 Å². The van der Waals surface area contributed by atoms with Crippen molar-refractivity contribution in [2.24, 2.45) is 5.14 Å². The molecule has 0 radical (unpaired) electrons. The van der Waals surface area contributed by atoms with Crippen LogP contribution >= 0.6 is 0 Å². The first-order chi connectivity index (χ1) is 9.93. The van der Waals surface area contributed by atoms with Crippen molar-refractivity contribution in [2.45, 2.75) is 30.3 Å². The predicted molar refractivity (Wildman–Crippen MR) is 68.4 cm³/mol. The van der Waals surface area contributed by atoms with Crippen LogP contribution in [-0.2, 0) is 16.6 Å². The van der Waals surface area contributed by atoms with Crippen LogP contribution in [0.3, 0.4) is 0 Å². The molecular weight excluding hydrogens is 301 g/mol. The summed E-state index contributed by atoms with van der Waals surface area (Å²) in [5.74, 6) is 0.386. The fourth-order valence-corrected chi connectivity index (χ4v) is 2.47. The van der Waals surface area contributed by atoms with E-state index >= 15 is 0 Å². The Balaban J connectivity index is 1.77. The molecule has 112 valence electrons. The Morgan fingerprint density at radius 1 is 1.43 bits per heavy atom. The van der Waals surface area contributed by atoms with Crippen molar-refractivity contribution in [3.63, 3.8) is 0 Å². The Labute approximate surface area is 120 Å². The highest BCUT2D eigenvalue weighted by molar-refractivity contribution is 7.89. The molecule has 2 aromatic rings. The van der Waals surface area contributed by atoms with Crippen molar-refractivity contribution < 1.29 is 22.1 Å². The summed E-state index contributed by atoms with van der Waals surface area (Å²) in [4.78, 5) is 3.72. The summed E-state index contributed by atoms with van der Waals surface area (Å²) < 4.78 is 46.3. The van der Waals surface area contributed by atoms with Crippen LogP contribution in [-0.4, -0.2) is 18.6 Å². The highest BCUT2D eigenvalue weighted by Gasteiger charge is 2.29. The first kappa shape index (κ1) is 14.0. The van der Waals surface area contributed by atoms with E-state index in [2.05, 4.69) is 10.1 Å². The van der Waals surface area contributed by atoms with E-state index in [1.165, 1.54) is 6.07 Å². The van der Waals surface area contributed by atoms with Crippen molar-refractivity contribution in [3.8, 4) is 5.75 Å². The van der Waals surface area contributed by atoms with Gasteiger partial charge in [-0.05, 0) is 31.0 Å². The molecule has 0 saturated heterocycles. The lowest BCUT2D eigenvalue weighted by Gasteiger charge is -2.08. The summed E-state index contributed by atoms with van der Waals surface area (Å²) in [6.45, 7) is -0.0929. The second kappa shape index (κ2) is 5.08. The number of hydrogen-bond donors (Lipinski definition) is 1. The molecule has 0 bridgehead atoms. The number of sulfonamides is 1. The van der Waals surface area contributed by atoms with E-state index in [4.69, 9.17) is 14.4 Å². The van der Waals surface area contributed by atoms with E-state index in [1.807, 2.05) is 0 Å². The Bertz CT molecular complexity index is 771. The summed E-state index contributed by atoms with van der Waals surface area (Å²) in [6, 6.07) is 3.07. The van der Waals surface area contributed by atoms with Crippen LogP contribution < -0.4 is 9.88 Å². The summed E-state index contributed by atoms with van der Waals surface area (Å²) >= 11 is 0. The zero-order valence-corrected chi connectivity index (χ0v) is 11.6. The lowest BCUT2D eigenvalue weighted by Crippen LogP contribution is -2.14. The van der Waals surface area contributed by atoms with Gasteiger partial charge in [0.25, 0.3) is 0 Å². The molecule has 1 aromatic carbocycles. The third kappa shape index (κ3) is 3.19. The molecule has 1 aromatic heterocycles. The Morgan fingerprint density at radius 3 is 2.86 bits per heavy atom. The fraction of sp³-hybridized carbons (Fsp3) is 0.333. The maximum absolute atomic E-state index is 13.1. The number of nitrogens with two attached hydrogens (primary N) is 1. The molecule has 0 atom stereocenters. The Hall–Kier alpha value is -2.00. The van der Waals surface area contributed by atoms with Gasteiger partial charge < -0.3 is 9.26 Å². The van der Waals surface area contributed by atoms with Crippen LogP contribution in [0.25, 0.3) is 0 Å². The number of aromatic nitrogens is 2. The fourth-order valence-electron chi connectivity index (χ4n) is 1.79. The number of primary sulfonamides is 1. The molecular formula is C12H12FN3O4S. The van der Waals surface area contributed by atoms with Crippen LogP contribution in [0, 0.1) is 5.82 Å². The number of rotatable bonds is 5. The summed E-state index contributed by atoms with van der Waals surface area (Å²) in [7, 11) is -4.09. The standard InChI is InChI=1S/C12H12FN3O4S/c13-8-3-4-9(10(5-8)21(14,17)18)19-6-11-15-12(20-16-11)7-1-2-7/h3-5,7H,1-2,6H2,(H2,14,17,18). The minimum absolute atomic E-state index is 0.0586. The Kier molecular flexibility index (Phi) is 3.38. The van der Waals surface area contributed by atoms with Gasteiger partial charge in [0.15, 0.2) is 6.61 Å². The number of nitrogens with zero attached hydrogens (tertiary/aromatic N) is 2. The number of halogens is 1. The van der Waals surface area contributed by atoms with E-state index < -0.39 is 20.7 Å². The molecule has 1 fully saturated rings. The average molecular weight is 313 g/mol. The topological polar surface area (TPSA) is 108 Å². The molecule has 0 unspecified atom stereocenters. The minimum Gasteiger partial charge on any atom is -0.484 e. The lowest BCUT2D eigenvalue weighted by atomic mass is 10.3. The minimum atomic E-state index is -4.09. The molecule has 2 N–H and O–H groups in total. The molecule has 1 aliphatic rings. The normalized spacial score (nSPS) is 15.1. The molecule has 0 amide bonds. The van der Waals surface area contributed by atoms with Gasteiger partial charge in [-0.1, -0.05) is 5.16 Å². The van der Waals surface area contributed by atoms with Crippen molar-refractivity contribution in [3.05, 3.63) is 35.7 Å². The average Bonchev–Trinajstić information content (AvgIpc) is 3.16. The van der Waals surface area contributed by atoms with E-state index in [0.717, 1.165) is 25.0 Å². The maximum Gasteiger partial charge on any atom is 0.241 e. The second-order valence-electron chi connectivity index (χ2n) is 4.75. The van der Waals surface area contributed by atoms with Crippen LogP contribution in [0.2, 0.25) is 0 Å². The summed E-state index contributed by atoms with van der Waals surface area (Å²) in [5.41, 5.74) is 0. The van der Waals surface area contributed by atoms with Crippen molar-refractivity contribution >= 4 is 10.0 Å². The third-order valence-corrected chi connectivity index (χ3v) is 3.91. The van der Waals surface area contributed by atoms with Crippen molar-refractivity contribution in [2.75, 3.05) is 0 Å². The molecule has 0 aliphatic heterocycles. The molecule has 9 heteroatoms. The zero-order chi connectivity index (χ0) is 15.0. The first-order valence-corrected chi connectivity index (χ1v) is 7.76. The molecule has 0 spiro atoms. The SMILES string of the molecule is NS(=O)(=O)c1cc(F)ccc1OCc1noc(C2CC2)n1. The molecule has 1 heterocycles. The van der Waals surface area contributed by atoms with E-state index in [-0.39, 0.29) is 12.4 Å². The monoisotopic (exact) mass is 313 g/mol. The molecule has 1 aliphatic carbocycles. The second-order valence-corrected chi connectivity index (χ2v) is 6.28. The number of ether oxygens (including phenoxy) is 1. The van der Waals surface area contributed by atoms with Crippen LogP contribution in [0.5, 0.6) is 5.75 Å².